The molecule has 0 aliphatic carbocycles. The summed E-state index contributed by atoms with van der Waals surface area (Å²) in [6, 6.07) is 9.29. The van der Waals surface area contributed by atoms with Crippen molar-refractivity contribution >= 4 is 21.8 Å². The summed E-state index contributed by atoms with van der Waals surface area (Å²) < 4.78 is 6.58. The molecular formula is C19H20BrN5O2. The number of amides is 1. The Kier molecular flexibility index (Phi) is 4.82. The predicted molar refractivity (Wildman–Crippen MR) is 103 cm³/mol. The van der Waals surface area contributed by atoms with Crippen LogP contribution in [0.5, 0.6) is 0 Å². The molecule has 3 aromatic rings. The summed E-state index contributed by atoms with van der Waals surface area (Å²) in [5.74, 6) is 1.58. The maximum atomic E-state index is 13.0. The highest BCUT2D eigenvalue weighted by molar-refractivity contribution is 9.10. The van der Waals surface area contributed by atoms with Crippen molar-refractivity contribution in [3.8, 4) is 5.69 Å². The van der Waals surface area contributed by atoms with Crippen molar-refractivity contribution in [1.29, 1.82) is 0 Å². The molecule has 4 rings (SSSR count). The van der Waals surface area contributed by atoms with Crippen molar-refractivity contribution < 1.29 is 9.21 Å². The lowest BCUT2D eigenvalue weighted by atomic mass is 10.0. The highest BCUT2D eigenvalue weighted by Gasteiger charge is 2.33. The zero-order valence-corrected chi connectivity index (χ0v) is 16.8. The number of halogens is 1. The van der Waals surface area contributed by atoms with E-state index in [4.69, 9.17) is 4.42 Å². The highest BCUT2D eigenvalue weighted by atomic mass is 79.9. The van der Waals surface area contributed by atoms with Crippen LogP contribution in [-0.4, -0.2) is 37.6 Å². The SMILES string of the molecule is Cc1cc(C(=O)N2CCCCC2c2nnn(-c3cccc(Br)c3)n2)oc1C. The molecule has 0 spiro atoms. The molecule has 1 fully saturated rings. The molecule has 140 valence electrons. The van der Waals surface area contributed by atoms with Crippen LogP contribution in [0.3, 0.4) is 0 Å². The third-order valence-electron chi connectivity index (χ3n) is 4.91. The molecule has 1 unspecified atom stereocenters. The number of hydrogen-bond donors (Lipinski definition) is 0. The van der Waals surface area contributed by atoms with Crippen LogP contribution in [0.25, 0.3) is 5.69 Å². The van der Waals surface area contributed by atoms with Gasteiger partial charge in [0.25, 0.3) is 5.91 Å². The Bertz CT molecular complexity index is 961. The van der Waals surface area contributed by atoms with E-state index in [1.54, 1.807) is 6.07 Å². The van der Waals surface area contributed by atoms with E-state index in [1.165, 1.54) is 4.80 Å². The van der Waals surface area contributed by atoms with Gasteiger partial charge in [-0.15, -0.1) is 15.0 Å². The van der Waals surface area contributed by atoms with Crippen molar-refractivity contribution in [2.24, 2.45) is 0 Å². The number of aryl methyl sites for hydroxylation is 2. The van der Waals surface area contributed by atoms with Crippen LogP contribution in [-0.2, 0) is 0 Å². The summed E-state index contributed by atoms with van der Waals surface area (Å²) >= 11 is 3.45. The molecule has 1 aliphatic heterocycles. The van der Waals surface area contributed by atoms with Gasteiger partial charge < -0.3 is 9.32 Å². The fraction of sp³-hybridized carbons (Fsp3) is 0.368. The van der Waals surface area contributed by atoms with Gasteiger partial charge in [-0.05, 0) is 68.2 Å². The van der Waals surface area contributed by atoms with Gasteiger partial charge in [0.2, 0.25) is 0 Å². The average molecular weight is 430 g/mol. The first-order valence-corrected chi connectivity index (χ1v) is 9.76. The molecule has 0 saturated carbocycles. The van der Waals surface area contributed by atoms with E-state index < -0.39 is 0 Å². The number of piperidine rings is 1. The van der Waals surface area contributed by atoms with Gasteiger partial charge in [0.05, 0.1) is 11.7 Å². The number of aromatic nitrogens is 4. The van der Waals surface area contributed by atoms with E-state index in [0.29, 0.717) is 18.1 Å². The van der Waals surface area contributed by atoms with Crippen LogP contribution in [0.4, 0.5) is 0 Å². The number of carbonyl (C=O) groups is 1. The minimum Gasteiger partial charge on any atom is -0.456 e. The van der Waals surface area contributed by atoms with Gasteiger partial charge in [-0.2, -0.15) is 0 Å². The second-order valence-electron chi connectivity index (χ2n) is 6.78. The minimum atomic E-state index is -0.196. The number of rotatable bonds is 3. The molecule has 3 heterocycles. The monoisotopic (exact) mass is 429 g/mol. The summed E-state index contributed by atoms with van der Waals surface area (Å²) in [6.07, 6.45) is 2.80. The number of nitrogens with zero attached hydrogens (tertiary/aromatic N) is 5. The third-order valence-corrected chi connectivity index (χ3v) is 5.40. The molecule has 0 bridgehead atoms. The van der Waals surface area contributed by atoms with Crippen LogP contribution >= 0.6 is 15.9 Å². The minimum absolute atomic E-state index is 0.116. The van der Waals surface area contributed by atoms with Crippen LogP contribution in [0.15, 0.2) is 39.2 Å². The summed E-state index contributed by atoms with van der Waals surface area (Å²) in [6.45, 7) is 4.47. The molecule has 1 amide bonds. The third kappa shape index (κ3) is 3.53. The molecule has 7 nitrogen and oxygen atoms in total. The smallest absolute Gasteiger partial charge is 0.290 e. The Balaban J connectivity index is 1.62. The lowest BCUT2D eigenvalue weighted by molar-refractivity contribution is 0.0566. The van der Waals surface area contributed by atoms with Gasteiger partial charge in [-0.3, -0.25) is 4.79 Å². The van der Waals surface area contributed by atoms with E-state index in [0.717, 1.165) is 40.7 Å². The average Bonchev–Trinajstić information content (AvgIpc) is 3.29. The molecule has 8 heteroatoms. The molecule has 1 aromatic carbocycles. The van der Waals surface area contributed by atoms with Crippen molar-refractivity contribution in [2.45, 2.75) is 39.2 Å². The molecule has 0 radical (unpaired) electrons. The summed E-state index contributed by atoms with van der Waals surface area (Å²) in [7, 11) is 0. The largest absolute Gasteiger partial charge is 0.456 e. The standard InChI is InChI=1S/C19H20BrN5O2/c1-12-10-17(27-13(12)2)19(26)24-9-4-3-8-16(24)18-21-23-25(22-18)15-7-5-6-14(20)11-15/h5-7,10-11,16H,3-4,8-9H2,1-2H3. The topological polar surface area (TPSA) is 77.1 Å². The normalized spacial score (nSPS) is 17.3. The zero-order valence-electron chi connectivity index (χ0n) is 15.2. The van der Waals surface area contributed by atoms with Gasteiger partial charge in [-0.25, -0.2) is 0 Å². The Morgan fingerprint density at radius 1 is 1.26 bits per heavy atom. The maximum Gasteiger partial charge on any atom is 0.290 e. The summed E-state index contributed by atoms with van der Waals surface area (Å²) in [5.41, 5.74) is 1.79. The summed E-state index contributed by atoms with van der Waals surface area (Å²) in [4.78, 5) is 16.3. The van der Waals surface area contributed by atoms with E-state index in [2.05, 4.69) is 31.3 Å². The number of carbonyl (C=O) groups excluding carboxylic acids is 1. The predicted octanol–water partition coefficient (Wildman–Crippen LogP) is 4.00. The molecule has 1 aliphatic rings. The first-order chi connectivity index (χ1) is 13.0. The first-order valence-electron chi connectivity index (χ1n) is 8.97. The lowest BCUT2D eigenvalue weighted by Gasteiger charge is -2.33. The quantitative estimate of drug-likeness (QED) is 0.628. The van der Waals surface area contributed by atoms with Gasteiger partial charge >= 0.3 is 0 Å². The van der Waals surface area contributed by atoms with Crippen molar-refractivity contribution in [3.05, 3.63) is 57.7 Å². The fourth-order valence-corrected chi connectivity index (χ4v) is 3.72. The number of tetrazole rings is 1. The van der Waals surface area contributed by atoms with Gasteiger partial charge in [0.1, 0.15) is 5.76 Å². The van der Waals surface area contributed by atoms with Gasteiger partial charge in [-0.1, -0.05) is 22.0 Å². The van der Waals surface area contributed by atoms with Crippen LogP contribution in [0, 0.1) is 13.8 Å². The van der Waals surface area contributed by atoms with Crippen molar-refractivity contribution in [2.75, 3.05) is 6.54 Å². The van der Waals surface area contributed by atoms with Crippen molar-refractivity contribution in [1.82, 2.24) is 25.1 Å². The van der Waals surface area contributed by atoms with Gasteiger partial charge in [0.15, 0.2) is 11.6 Å². The molecule has 2 aromatic heterocycles. The number of furan rings is 1. The van der Waals surface area contributed by atoms with E-state index in [-0.39, 0.29) is 11.9 Å². The van der Waals surface area contributed by atoms with E-state index in [9.17, 15) is 4.79 Å². The van der Waals surface area contributed by atoms with E-state index >= 15 is 0 Å². The Labute approximate surface area is 165 Å². The van der Waals surface area contributed by atoms with Crippen LogP contribution in [0.1, 0.15) is 53.0 Å². The second-order valence-corrected chi connectivity index (χ2v) is 7.69. The van der Waals surface area contributed by atoms with Crippen LogP contribution in [0.2, 0.25) is 0 Å². The van der Waals surface area contributed by atoms with Crippen molar-refractivity contribution in [3.63, 3.8) is 0 Å². The Morgan fingerprint density at radius 3 is 2.85 bits per heavy atom. The van der Waals surface area contributed by atoms with Gasteiger partial charge in [0, 0.05) is 11.0 Å². The molecule has 1 saturated heterocycles. The Morgan fingerprint density at radius 2 is 2.11 bits per heavy atom. The molecule has 0 N–H and O–H groups in total. The fourth-order valence-electron chi connectivity index (χ4n) is 3.33. The van der Waals surface area contributed by atoms with Crippen LogP contribution < -0.4 is 0 Å². The Hall–Kier alpha value is -2.48. The summed E-state index contributed by atoms with van der Waals surface area (Å²) in [5, 5.41) is 13.0. The molecular weight excluding hydrogens is 410 g/mol. The number of benzene rings is 1. The second kappa shape index (κ2) is 7.26. The lowest BCUT2D eigenvalue weighted by Crippen LogP contribution is -2.39. The highest BCUT2D eigenvalue weighted by Crippen LogP contribution is 2.31. The van der Waals surface area contributed by atoms with E-state index in [1.807, 2.05) is 43.0 Å². The maximum absolute atomic E-state index is 13.0. The first kappa shape index (κ1) is 17.9. The zero-order chi connectivity index (χ0) is 19.0. The number of hydrogen-bond acceptors (Lipinski definition) is 5. The number of likely N-dealkylation sites (tertiary alicyclic amines) is 1. The molecule has 27 heavy (non-hydrogen) atoms. The molecule has 1 atom stereocenters.